The molecule has 0 fully saturated rings. The van der Waals surface area contributed by atoms with Crippen molar-refractivity contribution in [1.82, 2.24) is 4.98 Å². The van der Waals surface area contributed by atoms with Gasteiger partial charge in [-0.1, -0.05) is 37.0 Å². The molecule has 0 aliphatic carbocycles. The lowest BCUT2D eigenvalue weighted by Crippen LogP contribution is -2.07. The topological polar surface area (TPSA) is 52.3 Å². The normalized spacial score (nSPS) is 11.1. The second kappa shape index (κ2) is 6.16. The highest BCUT2D eigenvalue weighted by Crippen LogP contribution is 2.39. The molecule has 0 aliphatic rings. The van der Waals surface area contributed by atoms with Gasteiger partial charge in [0.05, 0.1) is 22.2 Å². The van der Waals surface area contributed by atoms with E-state index in [0.29, 0.717) is 19.9 Å². The van der Waals surface area contributed by atoms with Crippen LogP contribution in [0.1, 0.15) is 42.9 Å². The molecule has 0 unspecified atom stereocenters. The van der Waals surface area contributed by atoms with Crippen LogP contribution in [0.15, 0.2) is 10.5 Å². The zero-order chi connectivity index (χ0) is 14.9. The first-order valence-corrected chi connectivity index (χ1v) is 7.64. The zero-order valence-corrected chi connectivity index (χ0v) is 13.5. The van der Waals surface area contributed by atoms with Gasteiger partial charge in [0.15, 0.2) is 0 Å². The molecule has 0 atom stereocenters. The van der Waals surface area contributed by atoms with Gasteiger partial charge in [0.2, 0.25) is 11.7 Å². The van der Waals surface area contributed by atoms with Gasteiger partial charge >= 0.3 is 5.97 Å². The van der Waals surface area contributed by atoms with Crippen molar-refractivity contribution in [2.75, 3.05) is 6.61 Å². The molecule has 0 aliphatic heterocycles. The SMILES string of the molecule is CCOC(=O)c1oc(-c2cc(Cl)sc2Cl)nc1C(C)C. The van der Waals surface area contributed by atoms with Gasteiger partial charge in [-0.15, -0.1) is 11.3 Å². The predicted molar refractivity (Wildman–Crippen MR) is 79.9 cm³/mol. The number of thiophene rings is 1. The Bertz CT molecular complexity index is 634. The van der Waals surface area contributed by atoms with Crippen LogP contribution in [0.5, 0.6) is 0 Å². The van der Waals surface area contributed by atoms with E-state index < -0.39 is 5.97 Å². The van der Waals surface area contributed by atoms with Crippen LogP contribution >= 0.6 is 34.5 Å². The molecule has 0 saturated carbocycles. The number of oxazole rings is 1. The number of carbonyl (C=O) groups excluding carboxylic acids is 1. The molecule has 20 heavy (non-hydrogen) atoms. The Hall–Kier alpha value is -1.04. The van der Waals surface area contributed by atoms with Gasteiger partial charge in [-0.05, 0) is 18.9 Å². The Morgan fingerprint density at radius 1 is 1.50 bits per heavy atom. The van der Waals surface area contributed by atoms with E-state index in [1.807, 2.05) is 13.8 Å². The highest BCUT2D eigenvalue weighted by molar-refractivity contribution is 7.20. The first kappa shape index (κ1) is 15.4. The molecule has 0 N–H and O–H groups in total. The van der Waals surface area contributed by atoms with Crippen LogP contribution in [0.4, 0.5) is 0 Å². The summed E-state index contributed by atoms with van der Waals surface area (Å²) in [5.74, 6) is -0.0904. The quantitative estimate of drug-likeness (QED) is 0.738. The number of ether oxygens (including phenoxy) is 1. The van der Waals surface area contributed by atoms with Crippen molar-refractivity contribution in [3.63, 3.8) is 0 Å². The minimum atomic E-state index is -0.521. The second-order valence-corrected chi connectivity index (χ2v) is 6.63. The lowest BCUT2D eigenvalue weighted by atomic mass is 10.1. The van der Waals surface area contributed by atoms with Gasteiger partial charge in [-0.25, -0.2) is 9.78 Å². The summed E-state index contributed by atoms with van der Waals surface area (Å²) in [6, 6.07) is 1.67. The maximum Gasteiger partial charge on any atom is 0.376 e. The van der Waals surface area contributed by atoms with Gasteiger partial charge in [0, 0.05) is 0 Å². The predicted octanol–water partition coefficient (Wildman–Crippen LogP) is 5.01. The van der Waals surface area contributed by atoms with Crippen LogP contribution in [0.3, 0.4) is 0 Å². The van der Waals surface area contributed by atoms with E-state index in [4.69, 9.17) is 32.4 Å². The highest BCUT2D eigenvalue weighted by atomic mass is 35.5. The number of esters is 1. The van der Waals surface area contributed by atoms with Gasteiger partial charge in [-0.2, -0.15) is 0 Å². The molecule has 0 spiro atoms. The summed E-state index contributed by atoms with van der Waals surface area (Å²) in [6.07, 6.45) is 0. The molecule has 2 heterocycles. The number of nitrogens with zero attached hydrogens (tertiary/aromatic N) is 1. The fraction of sp³-hybridized carbons (Fsp3) is 0.385. The first-order chi connectivity index (χ1) is 9.43. The number of aromatic nitrogens is 1. The molecule has 2 aromatic heterocycles. The van der Waals surface area contributed by atoms with E-state index in [1.165, 1.54) is 11.3 Å². The van der Waals surface area contributed by atoms with E-state index in [-0.39, 0.29) is 24.2 Å². The Kier molecular flexibility index (Phi) is 4.73. The fourth-order valence-corrected chi connectivity index (χ4v) is 3.12. The van der Waals surface area contributed by atoms with E-state index in [0.717, 1.165) is 0 Å². The van der Waals surface area contributed by atoms with Crippen molar-refractivity contribution in [3.8, 4) is 11.5 Å². The van der Waals surface area contributed by atoms with Crippen LogP contribution in [-0.4, -0.2) is 17.6 Å². The third-order valence-corrected chi connectivity index (χ3v) is 4.04. The molecule has 0 amide bonds. The zero-order valence-electron chi connectivity index (χ0n) is 11.2. The third-order valence-electron chi connectivity index (χ3n) is 2.55. The van der Waals surface area contributed by atoms with Crippen LogP contribution < -0.4 is 0 Å². The largest absolute Gasteiger partial charge is 0.460 e. The molecule has 0 radical (unpaired) electrons. The second-order valence-electron chi connectivity index (χ2n) is 4.35. The lowest BCUT2D eigenvalue weighted by molar-refractivity contribution is 0.0488. The van der Waals surface area contributed by atoms with Crippen molar-refractivity contribution >= 4 is 40.5 Å². The Labute approximate surface area is 130 Å². The number of hydrogen-bond donors (Lipinski definition) is 0. The molecular formula is C13H13Cl2NO3S. The Morgan fingerprint density at radius 3 is 2.70 bits per heavy atom. The lowest BCUT2D eigenvalue weighted by Gasteiger charge is -2.02. The monoisotopic (exact) mass is 333 g/mol. The summed E-state index contributed by atoms with van der Waals surface area (Å²) >= 11 is 13.2. The molecule has 0 bridgehead atoms. The molecular weight excluding hydrogens is 321 g/mol. The van der Waals surface area contributed by atoms with Gasteiger partial charge in [0.25, 0.3) is 0 Å². The minimum absolute atomic E-state index is 0.0276. The summed E-state index contributed by atoms with van der Waals surface area (Å²) < 4.78 is 11.5. The molecule has 0 saturated heterocycles. The summed E-state index contributed by atoms with van der Waals surface area (Å²) in [5.41, 5.74) is 1.14. The van der Waals surface area contributed by atoms with Crippen molar-refractivity contribution < 1.29 is 13.9 Å². The van der Waals surface area contributed by atoms with E-state index >= 15 is 0 Å². The van der Waals surface area contributed by atoms with Crippen LogP contribution in [0.2, 0.25) is 8.67 Å². The number of halogens is 2. The van der Waals surface area contributed by atoms with Gasteiger partial charge in [-0.3, -0.25) is 0 Å². The Balaban J connectivity index is 2.49. The maximum atomic E-state index is 11.9. The third kappa shape index (κ3) is 3.00. The number of rotatable bonds is 4. The number of carbonyl (C=O) groups is 1. The van der Waals surface area contributed by atoms with E-state index in [1.54, 1.807) is 13.0 Å². The van der Waals surface area contributed by atoms with Crippen molar-refractivity contribution in [2.45, 2.75) is 26.7 Å². The molecule has 108 valence electrons. The van der Waals surface area contributed by atoms with Gasteiger partial charge in [0.1, 0.15) is 4.34 Å². The van der Waals surface area contributed by atoms with Crippen molar-refractivity contribution in [1.29, 1.82) is 0 Å². The summed E-state index contributed by atoms with van der Waals surface area (Å²) in [7, 11) is 0. The average Bonchev–Trinajstić information content (AvgIpc) is 2.93. The first-order valence-electron chi connectivity index (χ1n) is 6.07. The van der Waals surface area contributed by atoms with Crippen molar-refractivity contribution in [3.05, 3.63) is 26.2 Å². The van der Waals surface area contributed by atoms with Crippen molar-refractivity contribution in [2.24, 2.45) is 0 Å². The van der Waals surface area contributed by atoms with E-state index in [9.17, 15) is 4.79 Å². The van der Waals surface area contributed by atoms with Crippen LogP contribution in [-0.2, 0) is 4.74 Å². The Morgan fingerprint density at radius 2 is 2.20 bits per heavy atom. The standard InChI is InChI=1S/C13H13Cl2NO3S/c1-4-18-13(17)10-9(6(2)3)16-12(19-10)7-5-8(14)20-11(7)15/h5-6H,4H2,1-3H3. The summed E-state index contributed by atoms with van der Waals surface area (Å²) in [6.45, 7) is 5.86. The number of hydrogen-bond acceptors (Lipinski definition) is 5. The van der Waals surface area contributed by atoms with Crippen LogP contribution in [0.25, 0.3) is 11.5 Å². The molecule has 7 heteroatoms. The molecule has 0 aromatic carbocycles. The minimum Gasteiger partial charge on any atom is -0.460 e. The van der Waals surface area contributed by atoms with Crippen LogP contribution in [0, 0.1) is 0 Å². The average molecular weight is 334 g/mol. The van der Waals surface area contributed by atoms with Gasteiger partial charge < -0.3 is 9.15 Å². The molecule has 2 rings (SSSR count). The summed E-state index contributed by atoms with van der Waals surface area (Å²) in [5, 5.41) is 0. The maximum absolute atomic E-state index is 11.9. The fourth-order valence-electron chi connectivity index (χ4n) is 1.67. The highest BCUT2D eigenvalue weighted by Gasteiger charge is 2.25. The molecule has 2 aromatic rings. The molecule has 4 nitrogen and oxygen atoms in total. The smallest absolute Gasteiger partial charge is 0.376 e. The summed E-state index contributed by atoms with van der Waals surface area (Å²) in [4.78, 5) is 16.2. The van der Waals surface area contributed by atoms with E-state index in [2.05, 4.69) is 4.98 Å².